The van der Waals surface area contributed by atoms with Crippen LogP contribution in [0.4, 0.5) is 0 Å². The Morgan fingerprint density at radius 2 is 1.76 bits per heavy atom. The van der Waals surface area contributed by atoms with Gasteiger partial charge in [-0.3, -0.25) is 9.59 Å². The lowest BCUT2D eigenvalue weighted by molar-refractivity contribution is 0.0939. The molecule has 0 fully saturated rings. The minimum atomic E-state index is -0.428. The van der Waals surface area contributed by atoms with Gasteiger partial charge in [0, 0.05) is 6.54 Å². The van der Waals surface area contributed by atoms with Gasteiger partial charge in [0.1, 0.15) is 17.4 Å². The van der Waals surface area contributed by atoms with Crippen LogP contribution in [0, 0.1) is 0 Å². The van der Waals surface area contributed by atoms with Crippen LogP contribution in [0.25, 0.3) is 11.0 Å². The summed E-state index contributed by atoms with van der Waals surface area (Å²) < 4.78 is 5.41. The Hall–Kier alpha value is -2.92. The van der Waals surface area contributed by atoms with Crippen molar-refractivity contribution < 1.29 is 9.21 Å². The van der Waals surface area contributed by atoms with Crippen molar-refractivity contribution in [3.05, 3.63) is 82.2 Å². The molecule has 5 heteroatoms. The molecule has 0 aliphatic heterocycles. The lowest BCUT2D eigenvalue weighted by Crippen LogP contribution is -2.36. The maximum absolute atomic E-state index is 12.5. The van der Waals surface area contributed by atoms with Gasteiger partial charge in [0.2, 0.25) is 5.43 Å². The van der Waals surface area contributed by atoms with Gasteiger partial charge in [0.15, 0.2) is 0 Å². The van der Waals surface area contributed by atoms with Crippen LogP contribution in [0.15, 0.2) is 70.1 Å². The van der Waals surface area contributed by atoms with Crippen LogP contribution < -0.4 is 10.7 Å². The number of rotatable bonds is 5. The molecule has 2 aromatic carbocycles. The maximum atomic E-state index is 12.5. The van der Waals surface area contributed by atoms with E-state index in [0.717, 1.165) is 5.56 Å². The number of amides is 1. The Morgan fingerprint density at radius 1 is 1.08 bits per heavy atom. The van der Waals surface area contributed by atoms with E-state index in [1.165, 1.54) is 6.26 Å². The van der Waals surface area contributed by atoms with Crippen molar-refractivity contribution in [1.82, 2.24) is 10.2 Å². The van der Waals surface area contributed by atoms with Gasteiger partial charge in [-0.2, -0.15) is 0 Å². The Labute approximate surface area is 145 Å². The Kier molecular flexibility index (Phi) is 4.95. The summed E-state index contributed by atoms with van der Waals surface area (Å²) in [6.07, 6.45) is 1.23. The molecule has 0 bridgehead atoms. The van der Waals surface area contributed by atoms with Crippen LogP contribution in [0.1, 0.15) is 22.0 Å². The van der Waals surface area contributed by atoms with Crippen molar-refractivity contribution in [3.63, 3.8) is 0 Å². The van der Waals surface area contributed by atoms with E-state index in [1.54, 1.807) is 24.3 Å². The second-order valence-corrected chi connectivity index (χ2v) is 6.07. The first-order chi connectivity index (χ1) is 12.1. The monoisotopic (exact) mass is 336 g/mol. The highest BCUT2D eigenvalue weighted by Gasteiger charge is 2.18. The number of nitrogens with one attached hydrogen (secondary N) is 1. The molecule has 1 heterocycles. The summed E-state index contributed by atoms with van der Waals surface area (Å²) in [6, 6.07) is 16.8. The SMILES string of the molecule is CN(C)[C@H](CNC(=O)c1coc2ccccc2c1=O)c1ccccc1. The summed E-state index contributed by atoms with van der Waals surface area (Å²) >= 11 is 0. The van der Waals surface area contributed by atoms with Gasteiger partial charge in [-0.15, -0.1) is 0 Å². The number of likely N-dealkylation sites (N-methyl/N-ethyl adjacent to an activating group) is 1. The molecule has 5 nitrogen and oxygen atoms in total. The van der Waals surface area contributed by atoms with Crippen molar-refractivity contribution in [2.75, 3.05) is 20.6 Å². The number of hydrogen-bond acceptors (Lipinski definition) is 4. The van der Waals surface area contributed by atoms with E-state index in [-0.39, 0.29) is 17.0 Å². The van der Waals surface area contributed by atoms with E-state index in [9.17, 15) is 9.59 Å². The van der Waals surface area contributed by atoms with Gasteiger partial charge in [0.25, 0.3) is 5.91 Å². The molecule has 0 unspecified atom stereocenters. The largest absolute Gasteiger partial charge is 0.463 e. The van der Waals surface area contributed by atoms with Crippen LogP contribution in [0.5, 0.6) is 0 Å². The lowest BCUT2D eigenvalue weighted by atomic mass is 10.1. The maximum Gasteiger partial charge on any atom is 0.258 e. The third-order valence-electron chi connectivity index (χ3n) is 4.19. The fourth-order valence-electron chi connectivity index (χ4n) is 2.79. The highest BCUT2D eigenvalue weighted by atomic mass is 16.3. The zero-order valence-electron chi connectivity index (χ0n) is 14.2. The van der Waals surface area contributed by atoms with Crippen molar-refractivity contribution in [1.29, 1.82) is 0 Å². The van der Waals surface area contributed by atoms with Crippen LogP contribution in [0.3, 0.4) is 0 Å². The average Bonchev–Trinajstić information content (AvgIpc) is 2.63. The van der Waals surface area contributed by atoms with E-state index >= 15 is 0 Å². The number of carbonyl (C=O) groups is 1. The zero-order valence-corrected chi connectivity index (χ0v) is 14.2. The quantitative estimate of drug-likeness (QED) is 0.778. The Balaban J connectivity index is 1.80. The van der Waals surface area contributed by atoms with Gasteiger partial charge in [-0.1, -0.05) is 42.5 Å². The van der Waals surface area contributed by atoms with Crippen molar-refractivity contribution in [2.24, 2.45) is 0 Å². The second-order valence-electron chi connectivity index (χ2n) is 6.07. The second kappa shape index (κ2) is 7.32. The predicted octanol–water partition coefficient (Wildman–Crippen LogP) is 2.83. The molecule has 128 valence electrons. The first kappa shape index (κ1) is 16.9. The van der Waals surface area contributed by atoms with Gasteiger partial charge in [-0.25, -0.2) is 0 Å². The summed E-state index contributed by atoms with van der Waals surface area (Å²) in [7, 11) is 3.91. The molecule has 0 saturated carbocycles. The molecular weight excluding hydrogens is 316 g/mol. The molecule has 3 rings (SSSR count). The minimum absolute atomic E-state index is 0.0117. The number of nitrogens with zero attached hydrogens (tertiary/aromatic N) is 1. The zero-order chi connectivity index (χ0) is 17.8. The molecule has 0 radical (unpaired) electrons. The highest BCUT2D eigenvalue weighted by Crippen LogP contribution is 2.17. The standard InChI is InChI=1S/C20H20N2O3/c1-22(2)17(14-8-4-3-5-9-14)12-21-20(24)16-13-25-18-11-7-6-10-15(18)19(16)23/h3-11,13,17H,12H2,1-2H3,(H,21,24)/t17-/m1/s1. The number of hydrogen-bond donors (Lipinski definition) is 1. The molecule has 0 saturated heterocycles. The van der Waals surface area contributed by atoms with Crippen molar-refractivity contribution in [2.45, 2.75) is 6.04 Å². The van der Waals surface area contributed by atoms with E-state index in [2.05, 4.69) is 5.32 Å². The summed E-state index contributed by atoms with van der Waals surface area (Å²) in [5.41, 5.74) is 1.27. The summed E-state index contributed by atoms with van der Waals surface area (Å²) in [5, 5.41) is 3.25. The van der Waals surface area contributed by atoms with Gasteiger partial charge in [-0.05, 0) is 31.8 Å². The van der Waals surface area contributed by atoms with Crippen LogP contribution >= 0.6 is 0 Å². The van der Waals surface area contributed by atoms with E-state index in [1.807, 2.05) is 49.3 Å². The fraction of sp³-hybridized carbons (Fsp3) is 0.200. The topological polar surface area (TPSA) is 62.6 Å². The van der Waals surface area contributed by atoms with E-state index in [4.69, 9.17) is 4.42 Å². The van der Waals surface area contributed by atoms with Crippen LogP contribution in [-0.2, 0) is 0 Å². The molecule has 1 aromatic heterocycles. The molecule has 0 spiro atoms. The summed E-state index contributed by atoms with van der Waals surface area (Å²) in [6.45, 7) is 0.391. The minimum Gasteiger partial charge on any atom is -0.463 e. The highest BCUT2D eigenvalue weighted by molar-refractivity contribution is 5.96. The van der Waals surface area contributed by atoms with Gasteiger partial charge < -0.3 is 14.6 Å². The molecular formula is C20H20N2O3. The average molecular weight is 336 g/mol. The normalized spacial score (nSPS) is 12.3. The van der Waals surface area contributed by atoms with Crippen LogP contribution in [0.2, 0.25) is 0 Å². The Bertz CT molecular complexity index is 932. The number of benzene rings is 2. The number of para-hydroxylation sites is 1. The van der Waals surface area contributed by atoms with Gasteiger partial charge >= 0.3 is 0 Å². The third kappa shape index (κ3) is 3.61. The summed E-state index contributed by atoms with van der Waals surface area (Å²) in [4.78, 5) is 27.0. The lowest BCUT2D eigenvalue weighted by Gasteiger charge is -2.25. The molecule has 1 N–H and O–H groups in total. The Morgan fingerprint density at radius 3 is 2.48 bits per heavy atom. The molecule has 1 amide bonds. The van der Waals surface area contributed by atoms with E-state index in [0.29, 0.717) is 17.5 Å². The molecule has 1 atom stereocenters. The van der Waals surface area contributed by atoms with Crippen molar-refractivity contribution >= 4 is 16.9 Å². The third-order valence-corrected chi connectivity index (χ3v) is 4.19. The molecule has 0 aliphatic rings. The van der Waals surface area contributed by atoms with Gasteiger partial charge in [0.05, 0.1) is 11.4 Å². The summed E-state index contributed by atoms with van der Waals surface area (Å²) in [5.74, 6) is -0.428. The van der Waals surface area contributed by atoms with E-state index < -0.39 is 5.91 Å². The van der Waals surface area contributed by atoms with Crippen LogP contribution in [-0.4, -0.2) is 31.4 Å². The molecule has 3 aromatic rings. The predicted molar refractivity (Wildman–Crippen MR) is 97.7 cm³/mol. The molecule has 0 aliphatic carbocycles. The number of carbonyl (C=O) groups excluding carboxylic acids is 1. The smallest absolute Gasteiger partial charge is 0.258 e. The first-order valence-electron chi connectivity index (χ1n) is 8.08. The first-order valence-corrected chi connectivity index (χ1v) is 8.08. The fourth-order valence-corrected chi connectivity index (χ4v) is 2.79. The molecule has 25 heavy (non-hydrogen) atoms. The number of fused-ring (bicyclic) bond motifs is 1. The van der Waals surface area contributed by atoms with Crippen molar-refractivity contribution in [3.8, 4) is 0 Å².